The largest absolute Gasteiger partial charge is 0.465 e. The van der Waals surface area contributed by atoms with E-state index >= 15 is 0 Å². The fourth-order valence-corrected chi connectivity index (χ4v) is 8.49. The van der Waals surface area contributed by atoms with E-state index < -0.39 is 33.4 Å². The zero-order valence-corrected chi connectivity index (χ0v) is 22.0. The van der Waals surface area contributed by atoms with Crippen LogP contribution in [-0.2, 0) is 19.1 Å². The monoisotopic (exact) mass is 492 g/mol. The fraction of sp³-hybridized carbons (Fsp3) is 0.731. The van der Waals surface area contributed by atoms with Gasteiger partial charge < -0.3 is 19.6 Å². The van der Waals surface area contributed by atoms with Gasteiger partial charge >= 0.3 is 5.97 Å². The van der Waals surface area contributed by atoms with Crippen molar-refractivity contribution in [3.05, 3.63) is 25.3 Å². The first-order chi connectivity index (χ1) is 16.0. The van der Waals surface area contributed by atoms with Gasteiger partial charge in [-0.3, -0.25) is 14.4 Å². The van der Waals surface area contributed by atoms with Crippen molar-refractivity contribution in [1.29, 1.82) is 0 Å². The van der Waals surface area contributed by atoms with Gasteiger partial charge in [0.1, 0.15) is 6.04 Å². The van der Waals surface area contributed by atoms with E-state index in [1.807, 2.05) is 34.6 Å². The topological polar surface area (TPSA) is 87.1 Å². The molecule has 34 heavy (non-hydrogen) atoms. The highest BCUT2D eigenvalue weighted by molar-refractivity contribution is 8.02. The van der Waals surface area contributed by atoms with Crippen LogP contribution in [0.5, 0.6) is 0 Å². The van der Waals surface area contributed by atoms with Crippen molar-refractivity contribution in [2.45, 2.75) is 81.5 Å². The number of aliphatic hydroxyl groups is 1. The molecule has 190 valence electrons. The van der Waals surface area contributed by atoms with Gasteiger partial charge in [0.05, 0.1) is 35.8 Å². The number of carbonyl (C=O) groups excluding carboxylic acids is 3. The van der Waals surface area contributed by atoms with E-state index in [-0.39, 0.29) is 43.0 Å². The van der Waals surface area contributed by atoms with Crippen molar-refractivity contribution in [2.24, 2.45) is 17.8 Å². The molecule has 3 fully saturated rings. The Hall–Kier alpha value is -1.80. The first-order valence-corrected chi connectivity index (χ1v) is 13.1. The van der Waals surface area contributed by atoms with E-state index in [4.69, 9.17) is 4.74 Å². The summed E-state index contributed by atoms with van der Waals surface area (Å²) in [5.41, 5.74) is 0. The Balaban J connectivity index is 2.11. The Bertz CT molecular complexity index is 845. The van der Waals surface area contributed by atoms with Crippen LogP contribution in [0.3, 0.4) is 0 Å². The van der Waals surface area contributed by atoms with E-state index in [0.29, 0.717) is 19.4 Å². The standard InChI is InChI=1S/C26H40N2O5S/c1-8-10-14-33-24(32)20-19-22(30)28(18(15-29)16(3)4)21(23(31)27(13-9-2)17(5)6)26(19)12-11-25(20,7)34-26/h8-9,16-21,29H,1-2,10-15H2,3-7H3/t18-,19-,20+,21?,25-,26?/m0/s1. The van der Waals surface area contributed by atoms with Crippen molar-refractivity contribution in [3.8, 4) is 0 Å². The summed E-state index contributed by atoms with van der Waals surface area (Å²) in [6.07, 6.45) is 5.33. The molecule has 2 unspecified atom stereocenters. The molecule has 7 nitrogen and oxygen atoms in total. The minimum Gasteiger partial charge on any atom is -0.465 e. The maximum atomic E-state index is 14.2. The number of ether oxygens (including phenoxy) is 1. The average molecular weight is 493 g/mol. The van der Waals surface area contributed by atoms with Gasteiger partial charge in [0.2, 0.25) is 11.8 Å². The number of nitrogens with zero attached hydrogens (tertiary/aromatic N) is 2. The van der Waals surface area contributed by atoms with Gasteiger partial charge in [-0.25, -0.2) is 0 Å². The van der Waals surface area contributed by atoms with Crippen LogP contribution in [0.25, 0.3) is 0 Å². The lowest BCUT2D eigenvalue weighted by Crippen LogP contribution is -2.59. The number of thioether (sulfide) groups is 1. The van der Waals surface area contributed by atoms with Crippen molar-refractivity contribution >= 4 is 29.5 Å². The van der Waals surface area contributed by atoms with Gasteiger partial charge in [-0.2, -0.15) is 0 Å². The van der Waals surface area contributed by atoms with Crippen LogP contribution in [0.4, 0.5) is 0 Å². The molecule has 2 bridgehead atoms. The van der Waals surface area contributed by atoms with Crippen molar-refractivity contribution in [2.75, 3.05) is 19.8 Å². The summed E-state index contributed by atoms with van der Waals surface area (Å²) in [6, 6.07) is -1.34. The molecule has 0 radical (unpaired) electrons. The summed E-state index contributed by atoms with van der Waals surface area (Å²) in [5.74, 6) is -2.05. The van der Waals surface area contributed by atoms with Crippen molar-refractivity contribution < 1.29 is 24.2 Å². The fourth-order valence-electron chi connectivity index (χ4n) is 6.16. The van der Waals surface area contributed by atoms with Crippen LogP contribution in [0.1, 0.15) is 53.9 Å². The quantitative estimate of drug-likeness (QED) is 0.271. The molecule has 3 aliphatic rings. The van der Waals surface area contributed by atoms with Gasteiger partial charge in [0, 0.05) is 17.3 Å². The highest BCUT2D eigenvalue weighted by Gasteiger charge is 2.78. The van der Waals surface area contributed by atoms with Crippen LogP contribution in [-0.4, -0.2) is 80.1 Å². The second-order valence-corrected chi connectivity index (χ2v) is 12.5. The van der Waals surface area contributed by atoms with Crippen LogP contribution in [0, 0.1) is 17.8 Å². The SMILES string of the molecule is C=CCCOC(=O)[C@H]1[C@H]2C(=O)N([C@@H](CO)C(C)C)C(C(=O)N(CC=C)C(C)C)C23CC[C@]1(C)S3. The molecule has 0 aliphatic carbocycles. The van der Waals surface area contributed by atoms with Gasteiger partial charge in [-0.05, 0) is 46.0 Å². The summed E-state index contributed by atoms with van der Waals surface area (Å²) in [6.45, 7) is 17.7. The van der Waals surface area contributed by atoms with Gasteiger partial charge in [-0.15, -0.1) is 24.9 Å². The minimum absolute atomic E-state index is 0.0536. The van der Waals surface area contributed by atoms with Gasteiger partial charge in [-0.1, -0.05) is 26.0 Å². The number of fused-ring (bicyclic) bond motifs is 1. The Morgan fingerprint density at radius 2 is 1.94 bits per heavy atom. The van der Waals surface area contributed by atoms with Gasteiger partial charge in [0.15, 0.2) is 0 Å². The van der Waals surface area contributed by atoms with E-state index in [0.717, 1.165) is 6.42 Å². The predicted molar refractivity (Wildman–Crippen MR) is 134 cm³/mol. The number of likely N-dealkylation sites (tertiary alicyclic amines) is 1. The lowest BCUT2D eigenvalue weighted by atomic mass is 9.66. The number of esters is 1. The highest BCUT2D eigenvalue weighted by atomic mass is 32.2. The number of hydrogen-bond acceptors (Lipinski definition) is 6. The molecule has 6 atom stereocenters. The Morgan fingerprint density at radius 3 is 2.47 bits per heavy atom. The summed E-state index contributed by atoms with van der Waals surface area (Å²) in [5, 5.41) is 10.3. The number of aliphatic hydroxyl groups excluding tert-OH is 1. The lowest BCUT2D eigenvalue weighted by molar-refractivity contribution is -0.156. The molecular formula is C26H40N2O5S. The third kappa shape index (κ3) is 4.11. The Kier molecular flexibility index (Phi) is 7.92. The molecular weight excluding hydrogens is 452 g/mol. The van der Waals surface area contributed by atoms with E-state index in [1.54, 1.807) is 33.7 Å². The molecule has 1 spiro atoms. The van der Waals surface area contributed by atoms with Crippen LogP contribution >= 0.6 is 11.8 Å². The highest BCUT2D eigenvalue weighted by Crippen LogP contribution is 2.72. The summed E-state index contributed by atoms with van der Waals surface area (Å²) in [4.78, 5) is 44.9. The zero-order valence-electron chi connectivity index (χ0n) is 21.2. The normalized spacial score (nSPS) is 32.8. The first-order valence-electron chi connectivity index (χ1n) is 12.3. The van der Waals surface area contributed by atoms with E-state index in [9.17, 15) is 19.5 Å². The second-order valence-electron chi connectivity index (χ2n) is 10.6. The molecule has 0 aromatic heterocycles. The maximum absolute atomic E-state index is 14.2. The summed E-state index contributed by atoms with van der Waals surface area (Å²) < 4.78 is 4.39. The van der Waals surface area contributed by atoms with Crippen molar-refractivity contribution in [3.63, 3.8) is 0 Å². The van der Waals surface area contributed by atoms with Crippen LogP contribution < -0.4 is 0 Å². The Labute approximate surface area is 208 Å². The Morgan fingerprint density at radius 1 is 1.26 bits per heavy atom. The number of carbonyl (C=O) groups is 3. The molecule has 8 heteroatoms. The summed E-state index contributed by atoms with van der Waals surface area (Å²) >= 11 is 1.62. The van der Waals surface area contributed by atoms with E-state index in [2.05, 4.69) is 13.2 Å². The molecule has 3 heterocycles. The second kappa shape index (κ2) is 10.1. The van der Waals surface area contributed by atoms with Crippen molar-refractivity contribution in [1.82, 2.24) is 9.80 Å². The molecule has 0 aromatic rings. The number of hydrogen-bond donors (Lipinski definition) is 1. The smallest absolute Gasteiger partial charge is 0.311 e. The van der Waals surface area contributed by atoms with Crippen LogP contribution in [0.15, 0.2) is 25.3 Å². The third-order valence-corrected chi connectivity index (χ3v) is 9.80. The number of amides is 2. The van der Waals surface area contributed by atoms with Gasteiger partial charge in [0.25, 0.3) is 0 Å². The molecule has 2 amide bonds. The molecule has 3 aliphatic heterocycles. The molecule has 3 rings (SSSR count). The van der Waals surface area contributed by atoms with E-state index in [1.165, 1.54) is 0 Å². The minimum atomic E-state index is -0.746. The predicted octanol–water partition coefficient (Wildman–Crippen LogP) is 3.03. The maximum Gasteiger partial charge on any atom is 0.311 e. The molecule has 1 N–H and O–H groups in total. The molecule has 0 saturated carbocycles. The molecule has 3 saturated heterocycles. The first kappa shape index (κ1) is 26.8. The lowest BCUT2D eigenvalue weighted by Gasteiger charge is -2.41. The number of rotatable bonds is 11. The molecule has 0 aromatic carbocycles. The summed E-state index contributed by atoms with van der Waals surface area (Å²) in [7, 11) is 0. The third-order valence-electron chi connectivity index (χ3n) is 7.81. The zero-order chi connectivity index (χ0) is 25.4. The van der Waals surface area contributed by atoms with Crippen LogP contribution in [0.2, 0.25) is 0 Å². The average Bonchev–Trinajstić information content (AvgIpc) is 3.33.